The minimum absolute atomic E-state index is 1.21. The van der Waals surface area contributed by atoms with E-state index in [1.807, 2.05) is 0 Å². The van der Waals surface area contributed by atoms with E-state index in [0.29, 0.717) is 0 Å². The first-order chi connectivity index (χ1) is 14.1. The number of benzene rings is 4. The Hall–Kier alpha value is -3.30. The van der Waals surface area contributed by atoms with Crippen molar-refractivity contribution in [2.75, 3.05) is 0 Å². The standard InChI is InChI=1S/C26H22N2Si/c1-29(2,23-15-7-11-19-17-9-3-5-13-21(17)27-25(19)23)24-16-8-12-20-18-10-4-6-14-22(18)28-26(20)24/h3-16,27-28H,1-2H3. The summed E-state index contributed by atoms with van der Waals surface area (Å²) < 4.78 is 0. The lowest BCUT2D eigenvalue weighted by atomic mass is 10.1. The highest BCUT2D eigenvalue weighted by Crippen LogP contribution is 2.28. The molecule has 0 fully saturated rings. The number of fused-ring (bicyclic) bond motifs is 6. The molecule has 2 N–H and O–H groups in total. The third-order valence-electron chi connectivity index (χ3n) is 6.43. The van der Waals surface area contributed by atoms with Gasteiger partial charge in [-0.05, 0) is 22.5 Å². The fourth-order valence-electron chi connectivity index (χ4n) is 4.93. The second kappa shape index (κ2) is 5.85. The highest BCUT2D eigenvalue weighted by atomic mass is 28.3. The van der Waals surface area contributed by atoms with E-state index in [1.165, 1.54) is 54.0 Å². The molecule has 0 unspecified atom stereocenters. The van der Waals surface area contributed by atoms with Gasteiger partial charge in [-0.2, -0.15) is 0 Å². The van der Waals surface area contributed by atoms with Gasteiger partial charge in [0.25, 0.3) is 0 Å². The molecule has 0 aliphatic carbocycles. The van der Waals surface area contributed by atoms with E-state index in [-0.39, 0.29) is 0 Å². The molecular weight excluding hydrogens is 368 g/mol. The first kappa shape index (κ1) is 16.6. The summed E-state index contributed by atoms with van der Waals surface area (Å²) in [7, 11) is -1.97. The predicted molar refractivity (Wildman–Crippen MR) is 128 cm³/mol. The van der Waals surface area contributed by atoms with E-state index in [9.17, 15) is 0 Å². The molecular formula is C26H22N2Si. The van der Waals surface area contributed by atoms with Crippen molar-refractivity contribution < 1.29 is 0 Å². The molecule has 0 saturated heterocycles. The first-order valence-corrected chi connectivity index (χ1v) is 13.1. The Bertz CT molecular complexity index is 1420. The zero-order valence-corrected chi connectivity index (χ0v) is 17.6. The molecule has 6 aromatic rings. The molecule has 2 nitrogen and oxygen atoms in total. The van der Waals surface area contributed by atoms with E-state index < -0.39 is 8.07 Å². The van der Waals surface area contributed by atoms with Gasteiger partial charge in [-0.15, -0.1) is 0 Å². The maximum Gasteiger partial charge on any atom is 0.117 e. The fraction of sp³-hybridized carbons (Fsp3) is 0.0769. The summed E-state index contributed by atoms with van der Waals surface area (Å²) >= 11 is 0. The number of H-pyrrole nitrogens is 2. The van der Waals surface area contributed by atoms with Crippen molar-refractivity contribution in [3.05, 3.63) is 84.9 Å². The second-order valence-electron chi connectivity index (χ2n) is 8.42. The van der Waals surface area contributed by atoms with Crippen molar-refractivity contribution in [2.24, 2.45) is 0 Å². The van der Waals surface area contributed by atoms with Gasteiger partial charge in [0.15, 0.2) is 0 Å². The molecule has 6 rings (SSSR count). The van der Waals surface area contributed by atoms with Gasteiger partial charge in [-0.25, -0.2) is 0 Å². The normalized spacial score (nSPS) is 12.5. The number of aromatic amines is 2. The average Bonchev–Trinajstić information content (AvgIpc) is 3.31. The van der Waals surface area contributed by atoms with Crippen molar-refractivity contribution in [3.63, 3.8) is 0 Å². The zero-order valence-electron chi connectivity index (χ0n) is 16.6. The Labute approximate surface area is 170 Å². The van der Waals surface area contributed by atoms with Crippen LogP contribution < -0.4 is 10.4 Å². The quantitative estimate of drug-likeness (QED) is 0.351. The number of hydrogen-bond donors (Lipinski definition) is 2. The lowest BCUT2D eigenvalue weighted by Crippen LogP contribution is -2.53. The lowest BCUT2D eigenvalue weighted by molar-refractivity contribution is 1.54. The maximum absolute atomic E-state index is 3.72. The van der Waals surface area contributed by atoms with Gasteiger partial charge >= 0.3 is 0 Å². The summed E-state index contributed by atoms with van der Waals surface area (Å²) in [5.41, 5.74) is 5.00. The van der Waals surface area contributed by atoms with Gasteiger partial charge in [-0.1, -0.05) is 85.9 Å². The number of aromatic nitrogens is 2. The molecule has 4 aromatic carbocycles. The van der Waals surface area contributed by atoms with E-state index in [1.54, 1.807) is 0 Å². The molecule has 29 heavy (non-hydrogen) atoms. The zero-order chi connectivity index (χ0) is 19.6. The molecule has 0 spiro atoms. The van der Waals surface area contributed by atoms with Gasteiger partial charge in [0.2, 0.25) is 0 Å². The second-order valence-corrected chi connectivity index (χ2v) is 12.7. The van der Waals surface area contributed by atoms with E-state index in [4.69, 9.17) is 0 Å². The molecule has 0 bridgehead atoms. The average molecular weight is 391 g/mol. The third-order valence-corrected chi connectivity index (χ3v) is 9.96. The van der Waals surface area contributed by atoms with Crippen molar-refractivity contribution >= 4 is 62.1 Å². The van der Waals surface area contributed by atoms with Crippen LogP contribution in [0.2, 0.25) is 13.1 Å². The number of para-hydroxylation sites is 4. The van der Waals surface area contributed by atoms with E-state index >= 15 is 0 Å². The Balaban J connectivity index is 1.67. The van der Waals surface area contributed by atoms with Crippen LogP contribution in [0.25, 0.3) is 43.6 Å². The number of hydrogen-bond acceptors (Lipinski definition) is 0. The molecule has 0 aliphatic rings. The molecule has 0 amide bonds. The Morgan fingerprint density at radius 1 is 0.483 bits per heavy atom. The molecule has 2 aromatic heterocycles. The molecule has 0 aliphatic heterocycles. The molecule has 0 saturated carbocycles. The van der Waals surface area contributed by atoms with Gasteiger partial charge in [-0.3, -0.25) is 0 Å². The van der Waals surface area contributed by atoms with Crippen LogP contribution in [0, 0.1) is 0 Å². The summed E-state index contributed by atoms with van der Waals surface area (Å²) in [4.78, 5) is 7.44. The van der Waals surface area contributed by atoms with Crippen molar-refractivity contribution in [3.8, 4) is 0 Å². The Morgan fingerprint density at radius 3 is 1.38 bits per heavy atom. The van der Waals surface area contributed by atoms with Crippen LogP contribution in [0.1, 0.15) is 0 Å². The molecule has 140 valence electrons. The van der Waals surface area contributed by atoms with Crippen LogP contribution >= 0.6 is 0 Å². The lowest BCUT2D eigenvalue weighted by Gasteiger charge is -2.25. The monoisotopic (exact) mass is 390 g/mol. The van der Waals surface area contributed by atoms with Gasteiger partial charge in [0, 0.05) is 43.6 Å². The van der Waals surface area contributed by atoms with E-state index in [2.05, 4.69) is 108 Å². The first-order valence-electron chi connectivity index (χ1n) is 10.1. The van der Waals surface area contributed by atoms with Gasteiger partial charge in [0.05, 0.1) is 0 Å². The van der Waals surface area contributed by atoms with Crippen LogP contribution in [0.15, 0.2) is 84.9 Å². The largest absolute Gasteiger partial charge is 0.355 e. The summed E-state index contributed by atoms with van der Waals surface area (Å²) in [6.45, 7) is 4.93. The smallest absolute Gasteiger partial charge is 0.117 e. The number of rotatable bonds is 2. The predicted octanol–water partition coefficient (Wildman–Crippen LogP) is 5.78. The van der Waals surface area contributed by atoms with Crippen LogP contribution in [0.5, 0.6) is 0 Å². The molecule has 0 radical (unpaired) electrons. The highest BCUT2D eigenvalue weighted by molar-refractivity contribution is 7.02. The fourth-order valence-corrected chi connectivity index (χ4v) is 7.89. The van der Waals surface area contributed by atoms with Crippen LogP contribution in [-0.4, -0.2) is 18.0 Å². The minimum Gasteiger partial charge on any atom is -0.355 e. The summed E-state index contributed by atoms with van der Waals surface area (Å²) in [5.74, 6) is 0. The Morgan fingerprint density at radius 2 is 0.897 bits per heavy atom. The topological polar surface area (TPSA) is 31.6 Å². The van der Waals surface area contributed by atoms with Crippen molar-refractivity contribution in [1.29, 1.82) is 0 Å². The summed E-state index contributed by atoms with van der Waals surface area (Å²) in [6.07, 6.45) is 0. The summed E-state index contributed by atoms with van der Waals surface area (Å²) in [5, 5.41) is 8.16. The van der Waals surface area contributed by atoms with Crippen LogP contribution in [-0.2, 0) is 0 Å². The highest BCUT2D eigenvalue weighted by Gasteiger charge is 2.31. The van der Waals surface area contributed by atoms with Gasteiger partial charge < -0.3 is 9.97 Å². The maximum atomic E-state index is 3.72. The molecule has 3 heteroatoms. The van der Waals surface area contributed by atoms with Gasteiger partial charge in [0.1, 0.15) is 8.07 Å². The van der Waals surface area contributed by atoms with Crippen molar-refractivity contribution in [2.45, 2.75) is 13.1 Å². The molecule has 0 atom stereocenters. The van der Waals surface area contributed by atoms with Crippen molar-refractivity contribution in [1.82, 2.24) is 9.97 Å². The van der Waals surface area contributed by atoms with E-state index in [0.717, 1.165) is 0 Å². The van der Waals surface area contributed by atoms with Crippen LogP contribution in [0.4, 0.5) is 0 Å². The Kier molecular flexibility index (Phi) is 3.35. The summed E-state index contributed by atoms with van der Waals surface area (Å²) in [6, 6.07) is 30.8. The number of nitrogens with one attached hydrogen (secondary N) is 2. The van der Waals surface area contributed by atoms with Crippen LogP contribution in [0.3, 0.4) is 0 Å². The SMILES string of the molecule is C[Si](C)(c1cccc2c1[nH]c1ccccc12)c1cccc2c1[nH]c1ccccc12. The third kappa shape index (κ3) is 2.28. The molecule has 2 heterocycles. The minimum atomic E-state index is -1.97.